The fourth-order valence-corrected chi connectivity index (χ4v) is 3.25. The van der Waals surface area contributed by atoms with Crippen molar-refractivity contribution in [3.05, 3.63) is 71.3 Å². The standard InChI is InChI=1S/C18H18F3N/c19-18(20,21)15-8-4-7-14(11-15)16-9-10-22-12-17(16)13-5-2-1-3-6-13/h1-8,11,16-17,22H,9-10,12H2. The second kappa shape index (κ2) is 6.13. The van der Waals surface area contributed by atoms with Gasteiger partial charge in [-0.25, -0.2) is 0 Å². The molecule has 0 amide bonds. The van der Waals surface area contributed by atoms with Crippen LogP contribution in [0.5, 0.6) is 0 Å². The normalized spacial score (nSPS) is 22.5. The van der Waals surface area contributed by atoms with E-state index in [0.717, 1.165) is 31.1 Å². The van der Waals surface area contributed by atoms with Gasteiger partial charge in [-0.2, -0.15) is 13.2 Å². The van der Waals surface area contributed by atoms with Gasteiger partial charge in [-0.3, -0.25) is 0 Å². The van der Waals surface area contributed by atoms with E-state index in [4.69, 9.17) is 0 Å². The van der Waals surface area contributed by atoms with E-state index in [-0.39, 0.29) is 11.8 Å². The molecular formula is C18H18F3N. The maximum absolute atomic E-state index is 12.9. The smallest absolute Gasteiger partial charge is 0.316 e. The molecule has 1 heterocycles. The monoisotopic (exact) mass is 305 g/mol. The van der Waals surface area contributed by atoms with Crippen molar-refractivity contribution in [3.63, 3.8) is 0 Å². The Balaban J connectivity index is 1.94. The molecule has 116 valence electrons. The van der Waals surface area contributed by atoms with Gasteiger partial charge in [0.05, 0.1) is 5.56 Å². The van der Waals surface area contributed by atoms with E-state index in [1.807, 2.05) is 24.3 Å². The van der Waals surface area contributed by atoms with Gasteiger partial charge in [0.1, 0.15) is 0 Å². The van der Waals surface area contributed by atoms with E-state index in [1.54, 1.807) is 0 Å². The molecule has 1 aliphatic rings. The lowest BCUT2D eigenvalue weighted by molar-refractivity contribution is -0.137. The van der Waals surface area contributed by atoms with Gasteiger partial charge in [0.25, 0.3) is 0 Å². The zero-order valence-corrected chi connectivity index (χ0v) is 12.1. The SMILES string of the molecule is FC(F)(F)c1cccc(C2CCNCC2c2ccccc2)c1. The quantitative estimate of drug-likeness (QED) is 0.857. The van der Waals surface area contributed by atoms with Crippen molar-refractivity contribution in [1.29, 1.82) is 0 Å². The first-order valence-electron chi connectivity index (χ1n) is 7.48. The van der Waals surface area contributed by atoms with Crippen LogP contribution in [-0.2, 0) is 6.18 Å². The third-order valence-electron chi connectivity index (χ3n) is 4.35. The fourth-order valence-electron chi connectivity index (χ4n) is 3.25. The van der Waals surface area contributed by atoms with Crippen LogP contribution in [0.25, 0.3) is 0 Å². The van der Waals surface area contributed by atoms with Crippen LogP contribution in [0.3, 0.4) is 0 Å². The van der Waals surface area contributed by atoms with Gasteiger partial charge in [-0.05, 0) is 36.1 Å². The average molecular weight is 305 g/mol. The van der Waals surface area contributed by atoms with Gasteiger partial charge in [0.15, 0.2) is 0 Å². The molecule has 2 unspecified atom stereocenters. The molecule has 1 fully saturated rings. The van der Waals surface area contributed by atoms with Crippen molar-refractivity contribution in [3.8, 4) is 0 Å². The predicted molar refractivity (Wildman–Crippen MR) is 80.9 cm³/mol. The maximum Gasteiger partial charge on any atom is 0.416 e. The zero-order valence-electron chi connectivity index (χ0n) is 12.1. The highest BCUT2D eigenvalue weighted by molar-refractivity contribution is 5.33. The summed E-state index contributed by atoms with van der Waals surface area (Å²) in [5.41, 5.74) is 1.40. The minimum Gasteiger partial charge on any atom is -0.316 e. The summed E-state index contributed by atoms with van der Waals surface area (Å²) >= 11 is 0. The molecule has 0 radical (unpaired) electrons. The summed E-state index contributed by atoms with van der Waals surface area (Å²) in [5, 5.41) is 3.36. The van der Waals surface area contributed by atoms with Crippen molar-refractivity contribution in [1.82, 2.24) is 5.32 Å². The van der Waals surface area contributed by atoms with E-state index in [2.05, 4.69) is 17.4 Å². The van der Waals surface area contributed by atoms with Gasteiger partial charge in [0.2, 0.25) is 0 Å². The summed E-state index contributed by atoms with van der Waals surface area (Å²) in [6, 6.07) is 15.8. The maximum atomic E-state index is 12.9. The number of piperidine rings is 1. The molecule has 0 bridgehead atoms. The highest BCUT2D eigenvalue weighted by Gasteiger charge is 2.33. The molecule has 1 nitrogen and oxygen atoms in total. The first-order valence-corrected chi connectivity index (χ1v) is 7.48. The Morgan fingerprint density at radius 3 is 2.32 bits per heavy atom. The van der Waals surface area contributed by atoms with Crippen LogP contribution >= 0.6 is 0 Å². The molecule has 0 aliphatic carbocycles. The number of alkyl halides is 3. The van der Waals surface area contributed by atoms with Crippen LogP contribution in [0.4, 0.5) is 13.2 Å². The number of halogens is 3. The second-order valence-electron chi connectivity index (χ2n) is 5.74. The van der Waals surface area contributed by atoms with Gasteiger partial charge < -0.3 is 5.32 Å². The van der Waals surface area contributed by atoms with Crippen molar-refractivity contribution in [2.75, 3.05) is 13.1 Å². The van der Waals surface area contributed by atoms with Crippen LogP contribution in [0.1, 0.15) is 34.9 Å². The summed E-state index contributed by atoms with van der Waals surface area (Å²) in [6.07, 6.45) is -3.44. The number of benzene rings is 2. The second-order valence-corrected chi connectivity index (χ2v) is 5.74. The van der Waals surface area contributed by atoms with Crippen LogP contribution in [0.15, 0.2) is 54.6 Å². The van der Waals surface area contributed by atoms with E-state index in [9.17, 15) is 13.2 Å². The lowest BCUT2D eigenvalue weighted by Gasteiger charge is -2.33. The highest BCUT2D eigenvalue weighted by atomic mass is 19.4. The molecule has 2 aromatic carbocycles. The fraction of sp³-hybridized carbons (Fsp3) is 0.333. The molecule has 0 saturated carbocycles. The molecule has 0 spiro atoms. The molecule has 1 aliphatic heterocycles. The minimum absolute atomic E-state index is 0.117. The third kappa shape index (κ3) is 3.17. The topological polar surface area (TPSA) is 12.0 Å². The largest absolute Gasteiger partial charge is 0.416 e. The summed E-state index contributed by atoms with van der Waals surface area (Å²) in [5.74, 6) is 0.324. The Bertz CT molecular complexity index is 622. The van der Waals surface area contributed by atoms with Gasteiger partial charge in [-0.15, -0.1) is 0 Å². The van der Waals surface area contributed by atoms with Gasteiger partial charge >= 0.3 is 6.18 Å². The van der Waals surface area contributed by atoms with Crippen molar-refractivity contribution >= 4 is 0 Å². The Morgan fingerprint density at radius 1 is 0.864 bits per heavy atom. The third-order valence-corrected chi connectivity index (χ3v) is 4.35. The molecule has 2 aromatic rings. The van der Waals surface area contributed by atoms with E-state index < -0.39 is 11.7 Å². The number of nitrogens with one attached hydrogen (secondary N) is 1. The van der Waals surface area contributed by atoms with Crippen LogP contribution in [0.2, 0.25) is 0 Å². The molecule has 22 heavy (non-hydrogen) atoms. The van der Waals surface area contributed by atoms with Gasteiger partial charge in [0, 0.05) is 12.5 Å². The van der Waals surface area contributed by atoms with Crippen LogP contribution in [-0.4, -0.2) is 13.1 Å². The van der Waals surface area contributed by atoms with Crippen LogP contribution < -0.4 is 5.32 Å². The highest BCUT2D eigenvalue weighted by Crippen LogP contribution is 2.39. The summed E-state index contributed by atoms with van der Waals surface area (Å²) < 4.78 is 38.8. The average Bonchev–Trinajstić information content (AvgIpc) is 2.55. The van der Waals surface area contributed by atoms with E-state index in [1.165, 1.54) is 17.7 Å². The summed E-state index contributed by atoms with van der Waals surface area (Å²) in [6.45, 7) is 1.63. The molecule has 0 aromatic heterocycles. The molecule has 2 atom stereocenters. The molecular weight excluding hydrogens is 287 g/mol. The van der Waals surface area contributed by atoms with Crippen molar-refractivity contribution < 1.29 is 13.2 Å². The van der Waals surface area contributed by atoms with Crippen molar-refractivity contribution in [2.45, 2.75) is 24.4 Å². The Morgan fingerprint density at radius 2 is 1.59 bits per heavy atom. The number of rotatable bonds is 2. The van der Waals surface area contributed by atoms with Crippen molar-refractivity contribution in [2.24, 2.45) is 0 Å². The lowest BCUT2D eigenvalue weighted by atomic mass is 9.77. The number of hydrogen-bond acceptors (Lipinski definition) is 1. The lowest BCUT2D eigenvalue weighted by Crippen LogP contribution is -2.34. The molecule has 1 saturated heterocycles. The molecule has 4 heteroatoms. The first-order chi connectivity index (χ1) is 10.6. The Labute approximate surface area is 128 Å². The first kappa shape index (κ1) is 15.1. The number of hydrogen-bond donors (Lipinski definition) is 1. The van der Waals surface area contributed by atoms with E-state index in [0.29, 0.717) is 0 Å². The Kier molecular flexibility index (Phi) is 4.21. The zero-order chi connectivity index (χ0) is 15.6. The molecule has 1 N–H and O–H groups in total. The predicted octanol–water partition coefficient (Wildman–Crippen LogP) is 4.57. The van der Waals surface area contributed by atoms with Gasteiger partial charge in [-0.1, -0.05) is 48.5 Å². The van der Waals surface area contributed by atoms with E-state index >= 15 is 0 Å². The summed E-state index contributed by atoms with van der Waals surface area (Å²) in [7, 11) is 0. The Hall–Kier alpha value is -1.81. The summed E-state index contributed by atoms with van der Waals surface area (Å²) in [4.78, 5) is 0. The van der Waals surface area contributed by atoms with Crippen LogP contribution in [0, 0.1) is 0 Å². The minimum atomic E-state index is -4.29. The molecule has 3 rings (SSSR count).